The fraction of sp³-hybridized carbons (Fsp3) is 0.455. The number of nitrogens with one attached hydrogen (secondary N) is 4. The third-order valence-electron chi connectivity index (χ3n) is 7.64. The van der Waals surface area contributed by atoms with Crippen molar-refractivity contribution in [2.45, 2.75) is 82.5 Å². The number of nitrogens with zero attached hydrogens (tertiary/aromatic N) is 2. The van der Waals surface area contributed by atoms with Crippen molar-refractivity contribution in [3.63, 3.8) is 0 Å². The highest BCUT2D eigenvalue weighted by Gasteiger charge is 2.33. The van der Waals surface area contributed by atoms with Crippen molar-refractivity contribution in [1.29, 1.82) is 0 Å². The molecule has 1 heterocycles. The molecule has 5 atom stereocenters. The molecule has 0 saturated heterocycles. The van der Waals surface area contributed by atoms with E-state index in [1.54, 1.807) is 13.8 Å². The van der Waals surface area contributed by atoms with Crippen LogP contribution in [-0.4, -0.2) is 72.0 Å². The fourth-order valence-corrected chi connectivity index (χ4v) is 7.58. The van der Waals surface area contributed by atoms with Crippen LogP contribution in [0.3, 0.4) is 0 Å². The molecule has 0 bridgehead atoms. The molecule has 0 radical (unpaired) electrons. The van der Waals surface area contributed by atoms with E-state index in [1.165, 1.54) is 41.8 Å². The number of carbonyl (C=O) groups is 2. The lowest BCUT2D eigenvalue weighted by atomic mass is 9.98. The van der Waals surface area contributed by atoms with Gasteiger partial charge in [0.05, 0.1) is 40.0 Å². The molecule has 3 rings (SSSR count). The molecule has 6 N–H and O–H groups in total. The number of oxime groups is 1. The maximum Gasteiger partial charge on any atom is 0.315 e. The summed E-state index contributed by atoms with van der Waals surface area (Å²) in [6, 6.07) is 12.6. The number of aliphatic hydroxyl groups is 1. The smallest absolute Gasteiger partial charge is 0.315 e. The van der Waals surface area contributed by atoms with Gasteiger partial charge in [0.1, 0.15) is 11.4 Å². The molecule has 0 aliphatic rings. The van der Waals surface area contributed by atoms with Gasteiger partial charge in [0.25, 0.3) is 0 Å². The van der Waals surface area contributed by atoms with Gasteiger partial charge in [0.2, 0.25) is 5.91 Å². The van der Waals surface area contributed by atoms with Gasteiger partial charge in [0.15, 0.2) is 9.84 Å². The third kappa shape index (κ3) is 10.8. The lowest BCUT2D eigenvalue weighted by Gasteiger charge is -2.30. The van der Waals surface area contributed by atoms with Crippen LogP contribution in [0.5, 0.6) is 0 Å². The number of aromatic nitrogens is 1. The molecule has 14 heteroatoms. The number of benzene rings is 2. The molecule has 3 aromatic rings. The molecule has 0 unspecified atom stereocenters. The predicted molar refractivity (Wildman–Crippen MR) is 183 cm³/mol. The zero-order valence-electron chi connectivity index (χ0n) is 27.5. The van der Waals surface area contributed by atoms with Gasteiger partial charge in [-0.3, -0.25) is 10.1 Å². The lowest BCUT2D eigenvalue weighted by molar-refractivity contribution is -0.125. The molecule has 0 spiro atoms. The van der Waals surface area contributed by atoms with Gasteiger partial charge in [-0.1, -0.05) is 75.3 Å². The van der Waals surface area contributed by atoms with Crippen LogP contribution < -0.4 is 21.3 Å². The van der Waals surface area contributed by atoms with E-state index in [1.807, 2.05) is 63.4 Å². The maximum atomic E-state index is 13.6. The Morgan fingerprint density at radius 3 is 2.17 bits per heavy atom. The number of thiazole rings is 1. The van der Waals surface area contributed by atoms with Crippen LogP contribution in [0.15, 0.2) is 70.0 Å². The van der Waals surface area contributed by atoms with Gasteiger partial charge in [0, 0.05) is 11.9 Å². The predicted octanol–water partition coefficient (Wildman–Crippen LogP) is 3.78. The van der Waals surface area contributed by atoms with Crippen molar-refractivity contribution < 1.29 is 28.3 Å². The van der Waals surface area contributed by atoms with Gasteiger partial charge in [-0.2, -0.15) is 0 Å². The Morgan fingerprint density at radius 1 is 0.957 bits per heavy atom. The standard InChI is InChI=1S/C33H46N6O6S2/c1-20(2)30(39-33(42)36-22(5)28-19-46-23(6)37-28)31(41)38-27(16-24-10-8-7-9-11-24)29(40)18-34-32(21(3)4)47(44,45)26-14-12-25(13-15-26)17-35-43/h7-15,17,19-22,27,29-30,32,34,40,43H,16,18H2,1-6H3,(H,38,41)(H2,36,39,42)/b35-17+/t22-,27-,29+,30-,32-/m0/s1. The molecule has 12 nitrogen and oxygen atoms in total. The molecule has 0 fully saturated rings. The number of sulfone groups is 1. The first kappa shape index (κ1) is 37.6. The Kier molecular flexibility index (Phi) is 13.9. The van der Waals surface area contributed by atoms with Crippen molar-refractivity contribution in [2.75, 3.05) is 6.54 Å². The summed E-state index contributed by atoms with van der Waals surface area (Å²) in [7, 11) is -3.88. The molecule has 1 aromatic heterocycles. The Labute approximate surface area is 281 Å². The van der Waals surface area contributed by atoms with Crippen LogP contribution in [0.2, 0.25) is 0 Å². The first-order valence-electron chi connectivity index (χ1n) is 15.5. The third-order valence-corrected chi connectivity index (χ3v) is 10.7. The highest BCUT2D eigenvalue weighted by atomic mass is 32.2. The highest BCUT2D eigenvalue weighted by Crippen LogP contribution is 2.21. The van der Waals surface area contributed by atoms with Crippen LogP contribution in [-0.2, 0) is 21.1 Å². The first-order chi connectivity index (χ1) is 22.2. The molecular weight excluding hydrogens is 641 g/mol. The van der Waals surface area contributed by atoms with E-state index >= 15 is 0 Å². The summed E-state index contributed by atoms with van der Waals surface area (Å²) >= 11 is 1.48. The topological polar surface area (TPSA) is 182 Å². The highest BCUT2D eigenvalue weighted by molar-refractivity contribution is 7.92. The minimum Gasteiger partial charge on any atom is -0.411 e. The van der Waals surface area contributed by atoms with E-state index in [9.17, 15) is 23.1 Å². The molecule has 0 saturated carbocycles. The van der Waals surface area contributed by atoms with Gasteiger partial charge < -0.3 is 26.3 Å². The number of urea groups is 1. The Balaban J connectivity index is 1.75. The van der Waals surface area contributed by atoms with E-state index in [4.69, 9.17) is 5.21 Å². The Bertz CT molecular complexity index is 1580. The second kappa shape index (κ2) is 17.3. The molecular formula is C33H46N6O6S2. The zero-order valence-corrected chi connectivity index (χ0v) is 29.2. The van der Waals surface area contributed by atoms with Crippen LogP contribution >= 0.6 is 11.3 Å². The number of hydrogen-bond acceptors (Lipinski definition) is 10. The zero-order chi connectivity index (χ0) is 34.7. The molecule has 0 aliphatic carbocycles. The summed E-state index contributed by atoms with van der Waals surface area (Å²) in [5, 5.41) is 36.4. The average Bonchev–Trinajstić information content (AvgIpc) is 3.46. The average molecular weight is 687 g/mol. The Hall–Kier alpha value is -3.85. The monoisotopic (exact) mass is 686 g/mol. The number of carbonyl (C=O) groups excluding carboxylic acids is 2. The van der Waals surface area contributed by atoms with E-state index in [0.717, 1.165) is 16.3 Å². The summed E-state index contributed by atoms with van der Waals surface area (Å²) in [6.07, 6.45) is 0.273. The van der Waals surface area contributed by atoms with Gasteiger partial charge in [-0.15, -0.1) is 11.3 Å². The van der Waals surface area contributed by atoms with E-state index in [-0.39, 0.29) is 35.7 Å². The number of aryl methyl sites for hydroxylation is 1. The van der Waals surface area contributed by atoms with Crippen molar-refractivity contribution in [3.8, 4) is 0 Å². The molecule has 47 heavy (non-hydrogen) atoms. The Morgan fingerprint density at radius 2 is 1.62 bits per heavy atom. The normalized spacial score (nSPS) is 15.3. The van der Waals surface area contributed by atoms with Gasteiger partial charge in [-0.25, -0.2) is 18.2 Å². The summed E-state index contributed by atoms with van der Waals surface area (Å²) in [4.78, 5) is 31.0. The molecule has 0 aliphatic heterocycles. The number of rotatable bonds is 16. The maximum absolute atomic E-state index is 13.6. The van der Waals surface area contributed by atoms with Gasteiger partial charge >= 0.3 is 6.03 Å². The van der Waals surface area contributed by atoms with Crippen molar-refractivity contribution in [1.82, 2.24) is 26.3 Å². The van der Waals surface area contributed by atoms with Gasteiger partial charge in [-0.05, 0) is 55.4 Å². The van der Waals surface area contributed by atoms with E-state index in [2.05, 4.69) is 31.4 Å². The van der Waals surface area contributed by atoms with Crippen LogP contribution in [0, 0.1) is 18.8 Å². The largest absolute Gasteiger partial charge is 0.411 e. The number of aliphatic hydroxyl groups excluding tert-OH is 1. The van der Waals surface area contributed by atoms with Crippen molar-refractivity contribution in [3.05, 3.63) is 81.8 Å². The number of hydrogen-bond donors (Lipinski definition) is 6. The second-order valence-corrected chi connectivity index (χ2v) is 15.3. The second-order valence-electron chi connectivity index (χ2n) is 12.2. The summed E-state index contributed by atoms with van der Waals surface area (Å²) in [6.45, 7) is 10.7. The number of amides is 3. The quantitative estimate of drug-likeness (QED) is 0.0748. The minimum atomic E-state index is -3.88. The first-order valence-corrected chi connectivity index (χ1v) is 17.9. The molecule has 3 amide bonds. The summed E-state index contributed by atoms with van der Waals surface area (Å²) < 4.78 is 27.2. The van der Waals surface area contributed by atoms with Crippen LogP contribution in [0.4, 0.5) is 4.79 Å². The summed E-state index contributed by atoms with van der Waals surface area (Å²) in [5.41, 5.74) is 2.11. The molecule has 2 aromatic carbocycles. The fourth-order valence-electron chi connectivity index (χ4n) is 5.03. The van der Waals surface area contributed by atoms with Crippen LogP contribution in [0.25, 0.3) is 0 Å². The van der Waals surface area contributed by atoms with E-state index in [0.29, 0.717) is 5.56 Å². The SMILES string of the molecule is Cc1nc([C@H](C)NC(=O)N[C@H](C(=O)N[C@@H](Cc2ccccc2)[C@H](O)CN[C@H](C(C)C)S(=O)(=O)c2ccc(/C=N/O)cc2)C(C)C)cs1. The minimum absolute atomic E-state index is 0.0748. The lowest BCUT2D eigenvalue weighted by Crippen LogP contribution is -2.58. The van der Waals surface area contributed by atoms with Crippen molar-refractivity contribution in [2.24, 2.45) is 17.0 Å². The van der Waals surface area contributed by atoms with Crippen LogP contribution in [0.1, 0.15) is 62.5 Å². The molecule has 256 valence electrons. The van der Waals surface area contributed by atoms with E-state index < -0.39 is 45.3 Å². The summed E-state index contributed by atoms with van der Waals surface area (Å²) in [5.74, 6) is -1.13. The van der Waals surface area contributed by atoms with Crippen molar-refractivity contribution >= 4 is 39.3 Å².